The van der Waals surface area contributed by atoms with Crippen LogP contribution in [-0.2, 0) is 22.7 Å². The number of rotatable bonds is 3. The number of amides is 3. The summed E-state index contributed by atoms with van der Waals surface area (Å²) >= 11 is 0. The number of nitrogens with zero attached hydrogens (tertiary/aromatic N) is 2. The number of nitrogens with two attached hydrogens (primary N) is 1. The van der Waals surface area contributed by atoms with Crippen LogP contribution in [-0.4, -0.2) is 52.2 Å². The Balaban J connectivity index is 1.29. The van der Waals surface area contributed by atoms with Crippen LogP contribution < -0.4 is 11.1 Å². The first-order chi connectivity index (χ1) is 12.9. The zero-order valence-electron chi connectivity index (χ0n) is 15.2. The summed E-state index contributed by atoms with van der Waals surface area (Å²) in [5, 5.41) is 2.34. The number of hydrogen-bond donors (Lipinski definition) is 2. The second kappa shape index (κ2) is 5.87. The number of piperidine rings is 2. The molecule has 1 aromatic carbocycles. The highest BCUT2D eigenvalue weighted by Gasteiger charge is 2.53. The predicted molar refractivity (Wildman–Crippen MR) is 97.4 cm³/mol. The Bertz CT molecular complexity index is 854. The van der Waals surface area contributed by atoms with Crippen LogP contribution in [0.1, 0.15) is 47.2 Å². The van der Waals surface area contributed by atoms with Crippen molar-refractivity contribution in [2.75, 3.05) is 13.1 Å². The third kappa shape index (κ3) is 2.85. The largest absolute Gasteiger partial charge is 0.325 e. The second-order valence-electron chi connectivity index (χ2n) is 8.51. The van der Waals surface area contributed by atoms with Gasteiger partial charge in [-0.15, -0.1) is 0 Å². The Morgan fingerprint density at radius 1 is 1.26 bits per heavy atom. The van der Waals surface area contributed by atoms with Gasteiger partial charge in [-0.25, -0.2) is 0 Å². The molecule has 0 radical (unpaired) electrons. The van der Waals surface area contributed by atoms with Crippen molar-refractivity contribution in [3.05, 3.63) is 34.9 Å². The molecule has 27 heavy (non-hydrogen) atoms. The molecule has 3 aliphatic heterocycles. The molecule has 0 spiro atoms. The summed E-state index contributed by atoms with van der Waals surface area (Å²) in [6, 6.07) is 5.50. The fourth-order valence-corrected chi connectivity index (χ4v) is 4.82. The normalized spacial score (nSPS) is 32.9. The first-order valence-electron chi connectivity index (χ1n) is 9.71. The van der Waals surface area contributed by atoms with Gasteiger partial charge in [0.2, 0.25) is 11.8 Å². The standard InChI is InChI=1S/C20H24N4O3/c21-20-5-6-23(11-14(20)8-20)9-12-1-2-13-10-24(19(27)15(13)7-12)16-3-4-17(25)22-18(16)26/h1-2,7,14,16H,3-6,8-11,21H2,(H,22,25,26). The van der Waals surface area contributed by atoms with E-state index in [0.717, 1.165) is 43.6 Å². The smallest absolute Gasteiger partial charge is 0.255 e. The Kier molecular flexibility index (Phi) is 3.67. The van der Waals surface area contributed by atoms with Crippen molar-refractivity contribution in [3.8, 4) is 0 Å². The van der Waals surface area contributed by atoms with E-state index in [1.807, 2.05) is 12.1 Å². The Morgan fingerprint density at radius 2 is 2.11 bits per heavy atom. The van der Waals surface area contributed by atoms with Crippen molar-refractivity contribution in [2.45, 2.75) is 50.4 Å². The first-order valence-corrected chi connectivity index (χ1v) is 9.71. The number of nitrogens with one attached hydrogen (secondary N) is 1. The van der Waals surface area contributed by atoms with Crippen LogP contribution in [0.3, 0.4) is 0 Å². The molecule has 3 unspecified atom stereocenters. The first kappa shape index (κ1) is 16.9. The number of benzene rings is 1. The highest BCUT2D eigenvalue weighted by Crippen LogP contribution is 2.47. The molecule has 7 nitrogen and oxygen atoms in total. The molecule has 3 amide bonds. The maximum atomic E-state index is 12.9. The maximum Gasteiger partial charge on any atom is 0.255 e. The number of carbonyl (C=O) groups excluding carboxylic acids is 3. The molecule has 1 aromatic rings. The number of imide groups is 1. The molecular formula is C20H24N4O3. The van der Waals surface area contributed by atoms with Crippen molar-refractivity contribution in [2.24, 2.45) is 11.7 Å². The molecule has 3 fully saturated rings. The third-order valence-electron chi connectivity index (χ3n) is 6.65. The summed E-state index contributed by atoms with van der Waals surface area (Å²) in [7, 11) is 0. The van der Waals surface area contributed by atoms with Crippen LogP contribution in [0.4, 0.5) is 0 Å². The minimum atomic E-state index is -0.555. The van der Waals surface area contributed by atoms with Gasteiger partial charge in [0.25, 0.3) is 5.91 Å². The lowest BCUT2D eigenvalue weighted by atomic mass is 10.0. The van der Waals surface area contributed by atoms with Gasteiger partial charge in [0, 0.05) is 43.7 Å². The second-order valence-corrected chi connectivity index (χ2v) is 8.51. The number of fused-ring (bicyclic) bond motifs is 2. The minimum Gasteiger partial charge on any atom is -0.325 e. The van der Waals surface area contributed by atoms with Gasteiger partial charge in [-0.05, 0) is 42.4 Å². The van der Waals surface area contributed by atoms with Gasteiger partial charge in [-0.1, -0.05) is 12.1 Å². The highest BCUT2D eigenvalue weighted by molar-refractivity contribution is 6.05. The Labute approximate surface area is 157 Å². The Morgan fingerprint density at radius 3 is 2.89 bits per heavy atom. The van der Waals surface area contributed by atoms with Crippen molar-refractivity contribution in [3.63, 3.8) is 0 Å². The molecule has 1 saturated carbocycles. The van der Waals surface area contributed by atoms with E-state index in [9.17, 15) is 14.4 Å². The molecule has 4 aliphatic rings. The van der Waals surface area contributed by atoms with Gasteiger partial charge < -0.3 is 10.6 Å². The SMILES string of the molecule is NC12CCN(Cc3ccc4c(c3)C(=O)N(C3CCC(=O)NC3=O)C4)CC1C2. The molecule has 3 heterocycles. The van der Waals surface area contributed by atoms with Crippen LogP contribution >= 0.6 is 0 Å². The van der Waals surface area contributed by atoms with Gasteiger partial charge in [-0.3, -0.25) is 24.6 Å². The molecule has 0 aromatic heterocycles. The van der Waals surface area contributed by atoms with Crippen LogP contribution in [0.25, 0.3) is 0 Å². The quantitative estimate of drug-likeness (QED) is 0.752. The lowest BCUT2D eigenvalue weighted by molar-refractivity contribution is -0.136. The van der Waals surface area contributed by atoms with E-state index in [1.165, 1.54) is 0 Å². The van der Waals surface area contributed by atoms with Gasteiger partial charge in [0.05, 0.1) is 0 Å². The molecule has 1 aliphatic carbocycles. The van der Waals surface area contributed by atoms with Crippen LogP contribution in [0.15, 0.2) is 18.2 Å². The average molecular weight is 368 g/mol. The van der Waals surface area contributed by atoms with E-state index < -0.39 is 6.04 Å². The van der Waals surface area contributed by atoms with E-state index in [1.54, 1.807) is 4.90 Å². The van der Waals surface area contributed by atoms with Crippen LogP contribution in [0, 0.1) is 5.92 Å². The summed E-state index contributed by atoms with van der Waals surface area (Å²) in [4.78, 5) is 40.4. The molecule has 5 rings (SSSR count). The summed E-state index contributed by atoms with van der Waals surface area (Å²) in [6.45, 7) is 3.29. The van der Waals surface area contributed by atoms with Gasteiger partial charge in [-0.2, -0.15) is 0 Å². The molecule has 2 saturated heterocycles. The zero-order valence-corrected chi connectivity index (χ0v) is 15.2. The van der Waals surface area contributed by atoms with E-state index in [4.69, 9.17) is 5.73 Å². The van der Waals surface area contributed by atoms with Crippen molar-refractivity contribution in [1.29, 1.82) is 0 Å². The summed E-state index contributed by atoms with van der Waals surface area (Å²) < 4.78 is 0. The molecule has 0 bridgehead atoms. The lowest BCUT2D eigenvalue weighted by Crippen LogP contribution is -2.52. The zero-order chi connectivity index (χ0) is 18.8. The Hall–Kier alpha value is -2.25. The molecule has 7 heteroatoms. The molecule has 3 atom stereocenters. The molecular weight excluding hydrogens is 344 g/mol. The highest BCUT2D eigenvalue weighted by atomic mass is 16.2. The van der Waals surface area contributed by atoms with Gasteiger partial charge in [0.15, 0.2) is 0 Å². The predicted octanol–water partition coefficient (Wildman–Crippen LogP) is 0.371. The number of hydrogen-bond acceptors (Lipinski definition) is 5. The fraction of sp³-hybridized carbons (Fsp3) is 0.550. The summed E-state index contributed by atoms with van der Waals surface area (Å²) in [5.41, 5.74) is 9.13. The van der Waals surface area contributed by atoms with E-state index >= 15 is 0 Å². The summed E-state index contributed by atoms with van der Waals surface area (Å²) in [5.74, 6) is -0.120. The van der Waals surface area contributed by atoms with Crippen molar-refractivity contribution >= 4 is 17.7 Å². The van der Waals surface area contributed by atoms with E-state index in [-0.39, 0.29) is 29.7 Å². The van der Waals surface area contributed by atoms with Crippen molar-refractivity contribution < 1.29 is 14.4 Å². The molecule has 3 N–H and O–H groups in total. The number of carbonyl (C=O) groups is 3. The van der Waals surface area contributed by atoms with E-state index in [2.05, 4.69) is 16.3 Å². The monoisotopic (exact) mass is 368 g/mol. The summed E-state index contributed by atoms with van der Waals surface area (Å²) in [6.07, 6.45) is 2.85. The topological polar surface area (TPSA) is 95.7 Å². The van der Waals surface area contributed by atoms with Gasteiger partial charge >= 0.3 is 0 Å². The average Bonchev–Trinajstić information content (AvgIpc) is 3.20. The minimum absolute atomic E-state index is 0.0901. The van der Waals surface area contributed by atoms with Crippen LogP contribution in [0.5, 0.6) is 0 Å². The van der Waals surface area contributed by atoms with Gasteiger partial charge in [0.1, 0.15) is 6.04 Å². The molecule has 142 valence electrons. The lowest BCUT2D eigenvalue weighted by Gasteiger charge is -2.29. The van der Waals surface area contributed by atoms with Crippen molar-refractivity contribution in [1.82, 2.24) is 15.1 Å². The van der Waals surface area contributed by atoms with Crippen LogP contribution in [0.2, 0.25) is 0 Å². The third-order valence-corrected chi connectivity index (χ3v) is 6.65. The number of likely N-dealkylation sites (tertiary alicyclic amines) is 1. The fourth-order valence-electron chi connectivity index (χ4n) is 4.82. The maximum absolute atomic E-state index is 12.9. The van der Waals surface area contributed by atoms with E-state index in [0.29, 0.717) is 24.4 Å².